The molecule has 4 rings (SSSR count). The Morgan fingerprint density at radius 1 is 1.12 bits per heavy atom. The predicted octanol–water partition coefficient (Wildman–Crippen LogP) is 3.75. The molecule has 1 aromatic carbocycles. The molecule has 1 aliphatic carbocycles. The fraction of sp³-hybridized carbons (Fsp3) is 0.650. The monoisotopic (exact) mass is 344 g/mol. The molecule has 1 N–H and O–H groups in total. The van der Waals surface area contributed by atoms with Crippen molar-refractivity contribution in [2.24, 2.45) is 0 Å². The largest absolute Gasteiger partial charge is 0.334 e. The number of hydrogen-bond donors (Lipinski definition) is 1. The maximum absolute atomic E-state index is 13.7. The van der Waals surface area contributed by atoms with Gasteiger partial charge >= 0.3 is 0 Å². The molecule has 1 amide bonds. The molecule has 2 aliphatic heterocycles. The molecule has 2 saturated heterocycles. The number of fused-ring (bicyclic) bond motifs is 2. The van der Waals surface area contributed by atoms with Gasteiger partial charge in [-0.2, -0.15) is 0 Å². The molecule has 3 aliphatic rings. The van der Waals surface area contributed by atoms with E-state index in [9.17, 15) is 4.79 Å². The third-order valence-corrected chi connectivity index (χ3v) is 7.51. The van der Waals surface area contributed by atoms with Gasteiger partial charge in [0.15, 0.2) is 0 Å². The summed E-state index contributed by atoms with van der Waals surface area (Å²) in [5.74, 6) is 0.432. The number of aryl methyl sites for hydroxylation is 1. The molecule has 0 radical (unpaired) electrons. The predicted molar refractivity (Wildman–Crippen MR) is 99.4 cm³/mol. The second kappa shape index (κ2) is 6.72. The third-order valence-electron chi connectivity index (χ3n) is 6.02. The summed E-state index contributed by atoms with van der Waals surface area (Å²) in [6.07, 6.45) is 7.94. The maximum Gasteiger partial charge on any atom is 0.239 e. The Labute approximate surface area is 149 Å². The lowest BCUT2D eigenvalue weighted by Gasteiger charge is -2.37. The van der Waals surface area contributed by atoms with E-state index >= 15 is 0 Å². The number of nitrogens with zero attached hydrogens (tertiary/aromatic N) is 1. The molecule has 2 heterocycles. The summed E-state index contributed by atoms with van der Waals surface area (Å²) in [5.41, 5.74) is 1.28. The molecule has 0 aromatic heterocycles. The lowest BCUT2D eigenvalue weighted by molar-refractivity contribution is -0.136. The minimum absolute atomic E-state index is 0.222. The first-order valence-corrected chi connectivity index (χ1v) is 10.3. The highest BCUT2D eigenvalue weighted by atomic mass is 32.2. The average molecular weight is 345 g/mol. The fourth-order valence-electron chi connectivity index (χ4n) is 4.69. The number of benzene rings is 1. The van der Waals surface area contributed by atoms with Crippen molar-refractivity contribution in [3.05, 3.63) is 29.8 Å². The van der Waals surface area contributed by atoms with Crippen LogP contribution in [0, 0.1) is 6.92 Å². The Hall–Kier alpha value is -1.00. The number of thioether (sulfide) groups is 1. The highest BCUT2D eigenvalue weighted by Gasteiger charge is 2.49. The van der Waals surface area contributed by atoms with Gasteiger partial charge in [0.25, 0.3) is 0 Å². The molecular weight excluding hydrogens is 316 g/mol. The average Bonchev–Trinajstić information content (AvgIpc) is 3.13. The van der Waals surface area contributed by atoms with Crippen molar-refractivity contribution in [1.29, 1.82) is 0 Å². The summed E-state index contributed by atoms with van der Waals surface area (Å²) in [5, 5.41) is 3.52. The minimum atomic E-state index is -0.222. The highest BCUT2D eigenvalue weighted by Crippen LogP contribution is 2.48. The van der Waals surface area contributed by atoms with E-state index in [-0.39, 0.29) is 4.75 Å². The Balaban J connectivity index is 1.60. The SMILES string of the molecule is Cc1ccc(SC2(C(=O)N3C4CCNCC3CC4)CCCC2)cc1. The molecular formula is C20H28N2OS. The summed E-state index contributed by atoms with van der Waals surface area (Å²) in [7, 11) is 0. The molecule has 24 heavy (non-hydrogen) atoms. The summed E-state index contributed by atoms with van der Waals surface area (Å²) >= 11 is 1.84. The van der Waals surface area contributed by atoms with Crippen molar-refractivity contribution in [2.75, 3.05) is 13.1 Å². The van der Waals surface area contributed by atoms with E-state index in [0.717, 1.165) is 32.4 Å². The minimum Gasteiger partial charge on any atom is -0.334 e. The van der Waals surface area contributed by atoms with E-state index < -0.39 is 0 Å². The molecule has 4 heteroatoms. The number of carbonyl (C=O) groups is 1. The first-order chi connectivity index (χ1) is 11.7. The van der Waals surface area contributed by atoms with Crippen molar-refractivity contribution >= 4 is 17.7 Å². The van der Waals surface area contributed by atoms with E-state index in [1.165, 1.54) is 36.1 Å². The zero-order chi connectivity index (χ0) is 16.6. The van der Waals surface area contributed by atoms with Crippen LogP contribution in [0.1, 0.15) is 50.5 Å². The van der Waals surface area contributed by atoms with Crippen molar-refractivity contribution in [3.63, 3.8) is 0 Å². The zero-order valence-corrected chi connectivity index (χ0v) is 15.4. The van der Waals surface area contributed by atoms with Gasteiger partial charge < -0.3 is 10.2 Å². The molecule has 130 valence electrons. The topological polar surface area (TPSA) is 32.3 Å². The number of amides is 1. The van der Waals surface area contributed by atoms with Crippen LogP contribution in [0.3, 0.4) is 0 Å². The van der Waals surface area contributed by atoms with Crippen LogP contribution in [0.25, 0.3) is 0 Å². The van der Waals surface area contributed by atoms with Gasteiger partial charge in [-0.1, -0.05) is 30.5 Å². The van der Waals surface area contributed by atoms with E-state index in [1.54, 1.807) is 0 Å². The summed E-state index contributed by atoms with van der Waals surface area (Å²) in [4.78, 5) is 17.2. The van der Waals surface area contributed by atoms with Crippen LogP contribution in [-0.2, 0) is 4.79 Å². The van der Waals surface area contributed by atoms with E-state index in [1.807, 2.05) is 11.8 Å². The lowest BCUT2D eigenvalue weighted by atomic mass is 10.0. The smallest absolute Gasteiger partial charge is 0.239 e. The van der Waals surface area contributed by atoms with Gasteiger partial charge in [-0.25, -0.2) is 0 Å². The van der Waals surface area contributed by atoms with Gasteiger partial charge in [-0.3, -0.25) is 4.79 Å². The van der Waals surface area contributed by atoms with Crippen LogP contribution >= 0.6 is 11.8 Å². The lowest BCUT2D eigenvalue weighted by Crippen LogP contribution is -2.51. The molecule has 3 nitrogen and oxygen atoms in total. The van der Waals surface area contributed by atoms with E-state index in [0.29, 0.717) is 18.0 Å². The number of rotatable bonds is 3. The first kappa shape index (κ1) is 16.5. The quantitative estimate of drug-likeness (QED) is 0.906. The molecule has 2 atom stereocenters. The summed E-state index contributed by atoms with van der Waals surface area (Å²) in [6.45, 7) is 4.16. The Bertz CT molecular complexity index is 580. The Kier molecular flexibility index (Phi) is 4.61. The van der Waals surface area contributed by atoms with Crippen LogP contribution in [0.15, 0.2) is 29.2 Å². The molecule has 1 aromatic rings. The van der Waals surface area contributed by atoms with Crippen LogP contribution in [0.5, 0.6) is 0 Å². The van der Waals surface area contributed by atoms with Crippen LogP contribution in [-0.4, -0.2) is 40.7 Å². The summed E-state index contributed by atoms with van der Waals surface area (Å²) in [6, 6.07) is 9.58. The van der Waals surface area contributed by atoms with Gasteiger partial charge in [0.2, 0.25) is 5.91 Å². The number of hydrogen-bond acceptors (Lipinski definition) is 3. The second-order valence-electron chi connectivity index (χ2n) is 7.71. The number of carbonyl (C=O) groups excluding carboxylic acids is 1. The van der Waals surface area contributed by atoms with Crippen LogP contribution < -0.4 is 5.32 Å². The van der Waals surface area contributed by atoms with Gasteiger partial charge in [0.1, 0.15) is 0 Å². The standard InChI is InChI=1S/C20H28N2OS/c1-15-4-8-18(9-5-15)24-20(11-2-3-12-20)19(23)22-16-6-7-17(22)14-21-13-10-16/h4-5,8-9,16-17,21H,2-3,6-7,10-14H2,1H3. The normalized spacial score (nSPS) is 28.8. The molecule has 3 fully saturated rings. The van der Waals surface area contributed by atoms with E-state index in [4.69, 9.17) is 0 Å². The van der Waals surface area contributed by atoms with Crippen molar-refractivity contribution < 1.29 is 4.79 Å². The maximum atomic E-state index is 13.7. The van der Waals surface area contributed by atoms with Gasteiger partial charge in [-0.05, 0) is 57.7 Å². The van der Waals surface area contributed by atoms with Crippen LogP contribution in [0.2, 0.25) is 0 Å². The molecule has 2 bridgehead atoms. The second-order valence-corrected chi connectivity index (χ2v) is 9.16. The van der Waals surface area contributed by atoms with Crippen molar-refractivity contribution in [2.45, 2.75) is 73.6 Å². The molecule has 0 spiro atoms. The Morgan fingerprint density at radius 3 is 2.58 bits per heavy atom. The van der Waals surface area contributed by atoms with Crippen molar-refractivity contribution in [3.8, 4) is 0 Å². The first-order valence-electron chi connectivity index (χ1n) is 9.47. The zero-order valence-electron chi connectivity index (χ0n) is 14.6. The molecule has 1 saturated carbocycles. The van der Waals surface area contributed by atoms with E-state index in [2.05, 4.69) is 41.4 Å². The van der Waals surface area contributed by atoms with Crippen LogP contribution in [0.4, 0.5) is 0 Å². The van der Waals surface area contributed by atoms with Crippen molar-refractivity contribution in [1.82, 2.24) is 10.2 Å². The van der Waals surface area contributed by atoms with Gasteiger partial charge in [0.05, 0.1) is 4.75 Å². The molecule has 2 unspecified atom stereocenters. The van der Waals surface area contributed by atoms with Gasteiger partial charge in [0, 0.05) is 23.5 Å². The Morgan fingerprint density at radius 2 is 1.83 bits per heavy atom. The fourth-order valence-corrected chi connectivity index (χ4v) is 6.10. The third kappa shape index (κ3) is 2.99. The van der Waals surface area contributed by atoms with Gasteiger partial charge in [-0.15, -0.1) is 11.8 Å². The highest BCUT2D eigenvalue weighted by molar-refractivity contribution is 8.01. The number of nitrogens with one attached hydrogen (secondary N) is 1. The summed E-state index contributed by atoms with van der Waals surface area (Å²) < 4.78 is -0.222.